The molecule has 3 heterocycles. The zero-order chi connectivity index (χ0) is 30.8. The molecule has 2 atom stereocenters. The maximum atomic E-state index is 13.0. The number of benzene rings is 2. The number of hydrogen-bond acceptors (Lipinski definition) is 9. The number of aromatic nitrogens is 1. The van der Waals surface area contributed by atoms with Gasteiger partial charge in [0, 0.05) is 49.2 Å². The van der Waals surface area contributed by atoms with Gasteiger partial charge in [0.25, 0.3) is 5.91 Å². The molecule has 0 bridgehead atoms. The number of fused-ring (bicyclic) bond motifs is 1. The number of nitrogens with one attached hydrogen (secondary N) is 1. The van der Waals surface area contributed by atoms with Crippen LogP contribution in [0.4, 0.5) is 4.79 Å². The van der Waals surface area contributed by atoms with Gasteiger partial charge in [0.2, 0.25) is 5.60 Å². The number of hydrogen-bond donors (Lipinski definition) is 2. The molecule has 0 aliphatic carbocycles. The van der Waals surface area contributed by atoms with Gasteiger partial charge in [-0.1, -0.05) is 23.4 Å². The molecule has 2 amide bonds. The van der Waals surface area contributed by atoms with Crippen LogP contribution in [-0.2, 0) is 21.0 Å². The lowest BCUT2D eigenvalue weighted by atomic mass is 9.86. The Kier molecular flexibility index (Phi) is 8.57. The van der Waals surface area contributed by atoms with Crippen LogP contribution in [0, 0.1) is 6.92 Å². The van der Waals surface area contributed by atoms with Crippen LogP contribution < -0.4 is 10.2 Å². The second kappa shape index (κ2) is 12.2. The number of nitrogens with zero attached hydrogens (tertiary/aromatic N) is 4. The number of rotatable bonds is 7. The quantitative estimate of drug-likeness (QED) is 0.306. The zero-order valence-corrected chi connectivity index (χ0v) is 25.3. The van der Waals surface area contributed by atoms with Crippen molar-refractivity contribution in [3.63, 3.8) is 0 Å². The number of carbonyl (C=O) groups is 2. The van der Waals surface area contributed by atoms with E-state index in [0.29, 0.717) is 44.2 Å². The van der Waals surface area contributed by atoms with E-state index in [1.807, 2.05) is 89.2 Å². The minimum absolute atomic E-state index is 0.162. The van der Waals surface area contributed by atoms with Crippen LogP contribution in [0.3, 0.4) is 0 Å². The summed E-state index contributed by atoms with van der Waals surface area (Å²) in [6.45, 7) is 11.7. The Morgan fingerprint density at radius 2 is 1.79 bits per heavy atom. The molecule has 2 N–H and O–H groups in total. The van der Waals surface area contributed by atoms with Crippen LogP contribution in [-0.4, -0.2) is 81.1 Å². The van der Waals surface area contributed by atoms with Crippen molar-refractivity contribution in [3.8, 4) is 5.75 Å². The molecule has 0 spiro atoms. The molecule has 11 heteroatoms. The van der Waals surface area contributed by atoms with Gasteiger partial charge in [-0.15, -0.1) is 0 Å². The van der Waals surface area contributed by atoms with Crippen molar-refractivity contribution in [2.24, 2.45) is 5.16 Å². The molecule has 1 saturated heterocycles. The highest BCUT2D eigenvalue weighted by atomic mass is 16.7. The van der Waals surface area contributed by atoms with Crippen molar-refractivity contribution in [3.05, 3.63) is 71.4 Å². The predicted molar refractivity (Wildman–Crippen MR) is 161 cm³/mol. The molecule has 2 aromatic carbocycles. The van der Waals surface area contributed by atoms with E-state index < -0.39 is 23.2 Å². The molecule has 3 aromatic rings. The third-order valence-electron chi connectivity index (χ3n) is 7.94. The minimum Gasteiger partial charge on any atom is -0.489 e. The maximum absolute atomic E-state index is 13.0. The van der Waals surface area contributed by atoms with Crippen LogP contribution in [0.5, 0.6) is 5.75 Å². The number of pyridine rings is 1. The van der Waals surface area contributed by atoms with E-state index in [0.717, 1.165) is 27.7 Å². The molecule has 2 aliphatic heterocycles. The second-order valence-corrected chi connectivity index (χ2v) is 12.1. The lowest BCUT2D eigenvalue weighted by Gasteiger charge is -2.42. The van der Waals surface area contributed by atoms with E-state index in [4.69, 9.17) is 14.3 Å². The van der Waals surface area contributed by atoms with Gasteiger partial charge in [-0.2, -0.15) is 0 Å². The first-order chi connectivity index (χ1) is 20.5. The maximum Gasteiger partial charge on any atom is 0.410 e. The van der Waals surface area contributed by atoms with Crippen LogP contribution in [0.1, 0.15) is 50.9 Å². The fourth-order valence-corrected chi connectivity index (χ4v) is 5.57. The van der Waals surface area contributed by atoms with Gasteiger partial charge in [-0.05, 0) is 76.6 Å². The van der Waals surface area contributed by atoms with Gasteiger partial charge in [0.1, 0.15) is 18.0 Å². The summed E-state index contributed by atoms with van der Waals surface area (Å²) in [6.07, 6.45) is -0.197. The lowest BCUT2D eigenvalue weighted by Crippen LogP contribution is -2.63. The van der Waals surface area contributed by atoms with Crippen molar-refractivity contribution in [1.29, 1.82) is 0 Å². The van der Waals surface area contributed by atoms with Crippen molar-refractivity contribution in [2.75, 3.05) is 26.2 Å². The molecular weight excluding hydrogens is 550 g/mol. The molecule has 1 aromatic heterocycles. The van der Waals surface area contributed by atoms with Crippen LogP contribution >= 0.6 is 0 Å². The highest BCUT2D eigenvalue weighted by molar-refractivity contribution is 6.05. The summed E-state index contributed by atoms with van der Waals surface area (Å²) in [5.74, 6) is 0.0190. The molecule has 5 rings (SSSR count). The summed E-state index contributed by atoms with van der Waals surface area (Å²) < 4.78 is 11.6. The summed E-state index contributed by atoms with van der Waals surface area (Å²) in [6, 6.07) is 17.1. The molecule has 0 saturated carbocycles. The van der Waals surface area contributed by atoms with Crippen molar-refractivity contribution < 1.29 is 29.1 Å². The predicted octanol–water partition coefficient (Wildman–Crippen LogP) is 4.43. The van der Waals surface area contributed by atoms with E-state index in [9.17, 15) is 14.8 Å². The smallest absolute Gasteiger partial charge is 0.410 e. The highest BCUT2D eigenvalue weighted by Crippen LogP contribution is 2.34. The van der Waals surface area contributed by atoms with E-state index >= 15 is 0 Å². The van der Waals surface area contributed by atoms with Crippen LogP contribution in [0.25, 0.3) is 10.9 Å². The number of ether oxygens (including phenoxy) is 2. The average molecular weight is 590 g/mol. The van der Waals surface area contributed by atoms with Crippen LogP contribution in [0.15, 0.2) is 59.8 Å². The van der Waals surface area contributed by atoms with E-state index in [2.05, 4.69) is 15.0 Å². The van der Waals surface area contributed by atoms with Gasteiger partial charge >= 0.3 is 6.09 Å². The zero-order valence-electron chi connectivity index (χ0n) is 25.3. The largest absolute Gasteiger partial charge is 0.489 e. The summed E-state index contributed by atoms with van der Waals surface area (Å²) in [4.78, 5) is 39.7. The van der Waals surface area contributed by atoms with Crippen molar-refractivity contribution in [1.82, 2.24) is 20.3 Å². The van der Waals surface area contributed by atoms with E-state index in [1.54, 1.807) is 10.4 Å². The summed E-state index contributed by atoms with van der Waals surface area (Å²) >= 11 is 0. The van der Waals surface area contributed by atoms with Gasteiger partial charge in [-0.3, -0.25) is 19.9 Å². The molecule has 228 valence electrons. The third kappa shape index (κ3) is 6.57. The summed E-state index contributed by atoms with van der Waals surface area (Å²) in [5.41, 5.74) is 4.06. The number of aryl methyl sites for hydroxylation is 1. The fourth-order valence-electron chi connectivity index (χ4n) is 5.57. The SMILES string of the molecule is Cc1cc(COc2ccc(C3=NOC(C(=O)NO)(C(C)N4CCN(C(=O)OC(C)(C)C)CC4)C3)cc2)c2ccccc2n1. The highest BCUT2D eigenvalue weighted by Gasteiger charge is 2.53. The first-order valence-electron chi connectivity index (χ1n) is 14.5. The number of para-hydroxylation sites is 1. The summed E-state index contributed by atoms with van der Waals surface area (Å²) in [7, 11) is 0. The molecule has 0 radical (unpaired) electrons. The van der Waals surface area contributed by atoms with Gasteiger partial charge in [-0.25, -0.2) is 10.3 Å². The third-order valence-corrected chi connectivity index (χ3v) is 7.94. The van der Waals surface area contributed by atoms with Gasteiger partial charge < -0.3 is 19.2 Å². The second-order valence-electron chi connectivity index (χ2n) is 12.1. The first-order valence-corrected chi connectivity index (χ1v) is 14.5. The normalized spacial score (nSPS) is 19.9. The topological polar surface area (TPSA) is 126 Å². The monoisotopic (exact) mass is 589 g/mol. The standard InChI is InChI=1S/C32H39N5O6/c1-21-18-24(26-8-6-7-9-27(26)33-21)20-41-25-12-10-23(11-13-25)28-19-32(43-35-28,29(38)34-40)22(2)36-14-16-37(17-15-36)30(39)42-31(3,4)5/h6-13,18,22,40H,14-17,19-20H2,1-5H3,(H,34,38). The Labute approximate surface area is 251 Å². The molecule has 2 aliphatic rings. The van der Waals surface area contributed by atoms with Gasteiger partial charge in [0.15, 0.2) is 0 Å². The number of hydroxylamine groups is 1. The minimum atomic E-state index is -1.44. The summed E-state index contributed by atoms with van der Waals surface area (Å²) in [5, 5.41) is 15.0. The molecule has 2 unspecified atom stereocenters. The number of amides is 2. The van der Waals surface area contributed by atoms with Gasteiger partial charge in [0.05, 0.1) is 17.3 Å². The molecule has 1 fully saturated rings. The fraction of sp³-hybridized carbons (Fsp3) is 0.438. The Morgan fingerprint density at radius 1 is 1.09 bits per heavy atom. The first kappa shape index (κ1) is 30.2. The Hall–Kier alpha value is -4.22. The lowest BCUT2D eigenvalue weighted by molar-refractivity contribution is -0.162. The number of oxime groups is 1. The Bertz CT molecular complexity index is 1510. The molecule has 11 nitrogen and oxygen atoms in total. The van der Waals surface area contributed by atoms with Crippen molar-refractivity contribution in [2.45, 2.75) is 64.9 Å². The van der Waals surface area contributed by atoms with Crippen LogP contribution in [0.2, 0.25) is 0 Å². The molecular formula is C32H39N5O6. The number of carbonyl (C=O) groups excluding carboxylic acids is 2. The Morgan fingerprint density at radius 3 is 2.47 bits per heavy atom. The van der Waals surface area contributed by atoms with E-state index in [-0.39, 0.29) is 12.5 Å². The average Bonchev–Trinajstić information content (AvgIpc) is 3.45. The number of piperazine rings is 1. The Balaban J connectivity index is 1.23. The van der Waals surface area contributed by atoms with E-state index in [1.165, 1.54) is 0 Å². The molecule has 43 heavy (non-hydrogen) atoms. The van der Waals surface area contributed by atoms with Crippen molar-refractivity contribution >= 4 is 28.6 Å².